The number of benzene rings is 2. The van der Waals surface area contributed by atoms with Crippen LogP contribution in [0.1, 0.15) is 10.4 Å². The zero-order chi connectivity index (χ0) is 13.1. The van der Waals surface area contributed by atoms with E-state index in [9.17, 15) is 15.0 Å². The summed E-state index contributed by atoms with van der Waals surface area (Å²) < 4.78 is 4.64. The second-order valence-electron chi connectivity index (χ2n) is 3.75. The molecule has 0 atom stereocenters. The first-order chi connectivity index (χ1) is 8.63. The van der Waals surface area contributed by atoms with Crippen molar-refractivity contribution in [2.45, 2.75) is 0 Å². The zero-order valence-corrected chi connectivity index (χ0v) is 9.75. The predicted molar refractivity (Wildman–Crippen MR) is 66.5 cm³/mol. The first-order valence-electron chi connectivity index (χ1n) is 5.33. The molecule has 0 spiro atoms. The highest BCUT2D eigenvalue weighted by Gasteiger charge is 2.19. The van der Waals surface area contributed by atoms with E-state index in [2.05, 4.69) is 4.74 Å². The van der Waals surface area contributed by atoms with Gasteiger partial charge in [0.2, 0.25) is 0 Å². The first kappa shape index (κ1) is 12.0. The van der Waals surface area contributed by atoms with Gasteiger partial charge in [-0.25, -0.2) is 4.79 Å². The lowest BCUT2D eigenvalue weighted by atomic mass is 9.98. The first-order valence-corrected chi connectivity index (χ1v) is 5.33. The molecule has 92 valence electrons. The van der Waals surface area contributed by atoms with Crippen molar-refractivity contribution in [3.8, 4) is 22.6 Å². The molecule has 0 bridgehead atoms. The highest BCUT2D eigenvalue weighted by atomic mass is 16.5. The van der Waals surface area contributed by atoms with Gasteiger partial charge in [0, 0.05) is 11.6 Å². The van der Waals surface area contributed by atoms with Gasteiger partial charge in [0.1, 0.15) is 17.1 Å². The van der Waals surface area contributed by atoms with Gasteiger partial charge in [-0.1, -0.05) is 30.3 Å². The SMILES string of the molecule is COC(=O)c1c(O)cc(O)cc1-c1ccccc1. The Bertz CT molecular complexity index is 576. The molecule has 0 aromatic heterocycles. The average molecular weight is 244 g/mol. The van der Waals surface area contributed by atoms with Crippen LogP contribution in [0.3, 0.4) is 0 Å². The van der Waals surface area contributed by atoms with Crippen molar-refractivity contribution in [2.75, 3.05) is 7.11 Å². The van der Waals surface area contributed by atoms with Gasteiger partial charge in [-0.05, 0) is 11.6 Å². The molecule has 0 saturated carbocycles. The number of rotatable bonds is 2. The van der Waals surface area contributed by atoms with E-state index in [-0.39, 0.29) is 17.1 Å². The fourth-order valence-electron chi connectivity index (χ4n) is 1.77. The minimum absolute atomic E-state index is 0.0431. The number of ether oxygens (including phenoxy) is 1. The van der Waals surface area contributed by atoms with Crippen LogP contribution < -0.4 is 0 Å². The number of hydrogen-bond donors (Lipinski definition) is 2. The molecule has 2 aromatic rings. The van der Waals surface area contributed by atoms with Crippen molar-refractivity contribution >= 4 is 5.97 Å². The largest absolute Gasteiger partial charge is 0.508 e. The molecule has 0 amide bonds. The van der Waals surface area contributed by atoms with Crippen molar-refractivity contribution in [3.63, 3.8) is 0 Å². The minimum atomic E-state index is -0.647. The van der Waals surface area contributed by atoms with Crippen LogP contribution in [0.4, 0.5) is 0 Å². The molecule has 0 radical (unpaired) electrons. The molecular formula is C14H12O4. The van der Waals surface area contributed by atoms with Crippen LogP contribution >= 0.6 is 0 Å². The third-order valence-corrected chi connectivity index (χ3v) is 2.58. The van der Waals surface area contributed by atoms with E-state index < -0.39 is 5.97 Å². The third kappa shape index (κ3) is 2.13. The van der Waals surface area contributed by atoms with E-state index in [4.69, 9.17) is 0 Å². The second-order valence-corrected chi connectivity index (χ2v) is 3.75. The summed E-state index contributed by atoms with van der Waals surface area (Å²) in [6.45, 7) is 0. The highest BCUT2D eigenvalue weighted by Crippen LogP contribution is 2.34. The Morgan fingerprint density at radius 1 is 1.11 bits per heavy atom. The summed E-state index contributed by atoms with van der Waals surface area (Å²) in [6.07, 6.45) is 0. The molecule has 18 heavy (non-hydrogen) atoms. The van der Waals surface area contributed by atoms with Crippen molar-refractivity contribution in [1.82, 2.24) is 0 Å². The summed E-state index contributed by atoms with van der Waals surface area (Å²) >= 11 is 0. The Morgan fingerprint density at radius 3 is 2.39 bits per heavy atom. The maximum absolute atomic E-state index is 11.7. The number of phenolic OH excluding ortho intramolecular Hbond substituents is 2. The summed E-state index contributed by atoms with van der Waals surface area (Å²) in [4.78, 5) is 11.7. The maximum Gasteiger partial charge on any atom is 0.342 e. The molecule has 4 heteroatoms. The fourth-order valence-corrected chi connectivity index (χ4v) is 1.77. The normalized spacial score (nSPS) is 10.1. The van der Waals surface area contributed by atoms with Gasteiger partial charge in [-0.2, -0.15) is 0 Å². The Kier molecular flexibility index (Phi) is 3.19. The molecule has 0 aliphatic heterocycles. The molecule has 2 N–H and O–H groups in total. The number of carbonyl (C=O) groups is 1. The van der Waals surface area contributed by atoms with Crippen molar-refractivity contribution in [1.29, 1.82) is 0 Å². The topological polar surface area (TPSA) is 66.8 Å². The van der Waals surface area contributed by atoms with Crippen molar-refractivity contribution < 1.29 is 19.7 Å². The molecule has 0 heterocycles. The quantitative estimate of drug-likeness (QED) is 0.797. The van der Waals surface area contributed by atoms with Gasteiger partial charge in [-0.15, -0.1) is 0 Å². The molecule has 2 rings (SSSR count). The molecule has 0 saturated heterocycles. The monoisotopic (exact) mass is 244 g/mol. The Morgan fingerprint density at radius 2 is 1.78 bits per heavy atom. The molecular weight excluding hydrogens is 232 g/mol. The maximum atomic E-state index is 11.7. The molecule has 0 aliphatic carbocycles. The van der Waals surface area contributed by atoms with Crippen LogP contribution in [-0.2, 0) is 4.74 Å². The number of hydrogen-bond acceptors (Lipinski definition) is 4. The van der Waals surface area contributed by atoms with E-state index in [1.54, 1.807) is 24.3 Å². The van der Waals surface area contributed by atoms with E-state index in [0.717, 1.165) is 6.07 Å². The van der Waals surface area contributed by atoms with Gasteiger partial charge in [0.25, 0.3) is 0 Å². The van der Waals surface area contributed by atoms with E-state index in [1.807, 2.05) is 6.07 Å². The number of carbonyl (C=O) groups excluding carboxylic acids is 1. The minimum Gasteiger partial charge on any atom is -0.508 e. The fraction of sp³-hybridized carbons (Fsp3) is 0.0714. The lowest BCUT2D eigenvalue weighted by Gasteiger charge is -2.10. The number of aromatic hydroxyl groups is 2. The molecule has 2 aromatic carbocycles. The summed E-state index contributed by atoms with van der Waals surface area (Å²) in [5, 5.41) is 19.3. The Hall–Kier alpha value is -2.49. The van der Waals surface area contributed by atoms with Gasteiger partial charge >= 0.3 is 5.97 Å². The summed E-state index contributed by atoms with van der Waals surface area (Å²) in [7, 11) is 1.24. The standard InChI is InChI=1S/C14H12O4/c1-18-14(17)13-11(7-10(15)8-12(13)16)9-5-3-2-4-6-9/h2-8,15-16H,1H3. The van der Waals surface area contributed by atoms with E-state index in [1.165, 1.54) is 13.2 Å². The molecule has 0 unspecified atom stereocenters. The molecule has 0 fully saturated rings. The van der Waals surface area contributed by atoms with Crippen LogP contribution in [-0.4, -0.2) is 23.3 Å². The Balaban J connectivity index is 2.69. The zero-order valence-electron chi connectivity index (χ0n) is 9.75. The summed E-state index contributed by atoms with van der Waals surface area (Å²) in [5.41, 5.74) is 1.19. The van der Waals surface area contributed by atoms with Gasteiger partial charge in [0.05, 0.1) is 7.11 Å². The lowest BCUT2D eigenvalue weighted by molar-refractivity contribution is 0.0598. The smallest absolute Gasteiger partial charge is 0.342 e. The predicted octanol–water partition coefficient (Wildman–Crippen LogP) is 2.55. The number of esters is 1. The van der Waals surface area contributed by atoms with Gasteiger partial charge in [-0.3, -0.25) is 0 Å². The van der Waals surface area contributed by atoms with Crippen LogP contribution in [0.15, 0.2) is 42.5 Å². The third-order valence-electron chi connectivity index (χ3n) is 2.58. The van der Waals surface area contributed by atoms with Crippen LogP contribution in [0.5, 0.6) is 11.5 Å². The van der Waals surface area contributed by atoms with Crippen molar-refractivity contribution in [3.05, 3.63) is 48.0 Å². The van der Waals surface area contributed by atoms with Crippen LogP contribution in [0, 0.1) is 0 Å². The number of methoxy groups -OCH3 is 1. The van der Waals surface area contributed by atoms with Crippen LogP contribution in [0.25, 0.3) is 11.1 Å². The molecule has 0 aliphatic rings. The molecule has 4 nitrogen and oxygen atoms in total. The second kappa shape index (κ2) is 4.79. The van der Waals surface area contributed by atoms with Crippen LogP contribution in [0.2, 0.25) is 0 Å². The number of phenols is 2. The Labute approximate surface area is 104 Å². The summed E-state index contributed by atoms with van der Waals surface area (Å²) in [6, 6.07) is 11.5. The average Bonchev–Trinajstić information content (AvgIpc) is 2.38. The van der Waals surface area contributed by atoms with Gasteiger partial charge < -0.3 is 14.9 Å². The highest BCUT2D eigenvalue weighted by molar-refractivity contribution is 6.00. The lowest BCUT2D eigenvalue weighted by Crippen LogP contribution is -2.04. The van der Waals surface area contributed by atoms with Gasteiger partial charge in [0.15, 0.2) is 0 Å². The van der Waals surface area contributed by atoms with E-state index >= 15 is 0 Å². The van der Waals surface area contributed by atoms with Crippen molar-refractivity contribution in [2.24, 2.45) is 0 Å². The summed E-state index contributed by atoms with van der Waals surface area (Å²) in [5.74, 6) is -1.06. The van der Waals surface area contributed by atoms with E-state index in [0.29, 0.717) is 11.1 Å².